The molecule has 0 spiro atoms. The lowest BCUT2D eigenvalue weighted by atomic mass is 10.2. The Hall–Kier alpha value is -3.02. The number of nitro groups is 1. The number of benzene rings is 2. The van der Waals surface area contributed by atoms with E-state index in [0.29, 0.717) is 11.6 Å². The van der Waals surface area contributed by atoms with Gasteiger partial charge in [-0.1, -0.05) is 12.1 Å². The number of aryl methyl sites for hydroxylation is 1. The number of hydrogen-bond donors (Lipinski definition) is 1. The number of rotatable bonds is 3. The molecule has 0 aliphatic heterocycles. The molecule has 104 valence electrons. The highest BCUT2D eigenvalue weighted by Crippen LogP contribution is 2.24. The van der Waals surface area contributed by atoms with Gasteiger partial charge in [-0.15, -0.1) is 0 Å². The third-order valence-electron chi connectivity index (χ3n) is 3.06. The molecule has 21 heavy (non-hydrogen) atoms. The summed E-state index contributed by atoms with van der Waals surface area (Å²) in [7, 11) is 0. The Bertz CT molecular complexity index is 816. The Labute approximate surface area is 120 Å². The van der Waals surface area contributed by atoms with Gasteiger partial charge in [-0.2, -0.15) is 0 Å². The highest BCUT2D eigenvalue weighted by Gasteiger charge is 2.07. The zero-order chi connectivity index (χ0) is 14.8. The Morgan fingerprint density at radius 3 is 2.48 bits per heavy atom. The molecule has 3 aromatic rings. The number of aromatic nitrogens is 2. The first-order valence-corrected chi connectivity index (χ1v) is 6.38. The van der Waals surface area contributed by atoms with Crippen LogP contribution in [0.4, 0.5) is 17.2 Å². The molecular weight excluding hydrogens is 268 g/mol. The van der Waals surface area contributed by atoms with Gasteiger partial charge < -0.3 is 5.32 Å². The maximum Gasteiger partial charge on any atom is 0.269 e. The fourth-order valence-electron chi connectivity index (χ4n) is 2.09. The Morgan fingerprint density at radius 1 is 1.05 bits per heavy atom. The lowest BCUT2D eigenvalue weighted by Crippen LogP contribution is -1.99. The minimum atomic E-state index is -0.423. The second kappa shape index (κ2) is 5.16. The van der Waals surface area contributed by atoms with E-state index in [1.807, 2.05) is 31.2 Å². The summed E-state index contributed by atoms with van der Waals surface area (Å²) in [6.07, 6.45) is 0. The topological polar surface area (TPSA) is 81.0 Å². The van der Waals surface area contributed by atoms with E-state index < -0.39 is 4.92 Å². The molecule has 0 fully saturated rings. The summed E-state index contributed by atoms with van der Waals surface area (Å²) in [6, 6.07) is 13.9. The molecule has 0 aliphatic rings. The van der Waals surface area contributed by atoms with E-state index in [4.69, 9.17) is 0 Å². The van der Waals surface area contributed by atoms with Crippen LogP contribution < -0.4 is 5.32 Å². The molecule has 6 heteroatoms. The van der Waals surface area contributed by atoms with Crippen molar-refractivity contribution >= 4 is 28.1 Å². The maximum atomic E-state index is 10.7. The summed E-state index contributed by atoms with van der Waals surface area (Å²) in [4.78, 5) is 19.0. The zero-order valence-corrected chi connectivity index (χ0v) is 11.3. The molecule has 1 aromatic heterocycles. The van der Waals surface area contributed by atoms with E-state index in [9.17, 15) is 10.1 Å². The van der Waals surface area contributed by atoms with Gasteiger partial charge in [0.1, 0.15) is 11.6 Å². The molecule has 3 rings (SSSR count). The smallest absolute Gasteiger partial charge is 0.269 e. The van der Waals surface area contributed by atoms with Crippen molar-refractivity contribution in [1.82, 2.24) is 9.97 Å². The van der Waals surface area contributed by atoms with E-state index in [2.05, 4.69) is 15.3 Å². The van der Waals surface area contributed by atoms with Crippen LogP contribution in [0.1, 0.15) is 5.82 Å². The summed E-state index contributed by atoms with van der Waals surface area (Å²) in [5, 5.41) is 14.7. The van der Waals surface area contributed by atoms with Crippen molar-refractivity contribution in [2.45, 2.75) is 6.92 Å². The molecule has 1 N–H and O–H groups in total. The monoisotopic (exact) mass is 280 g/mol. The minimum Gasteiger partial charge on any atom is -0.340 e. The molecule has 1 heterocycles. The standard InChI is InChI=1S/C15H12N4O2/c1-10-16-14-5-3-2-4-13(14)15(17-10)18-11-6-8-12(9-7-11)19(20)21/h2-9H,1H3,(H,16,17,18). The number of para-hydroxylation sites is 1. The van der Waals surface area contributed by atoms with Gasteiger partial charge in [-0.3, -0.25) is 10.1 Å². The van der Waals surface area contributed by atoms with Gasteiger partial charge in [0.05, 0.1) is 10.4 Å². The number of non-ortho nitro benzene ring substituents is 1. The summed E-state index contributed by atoms with van der Waals surface area (Å²) in [5.41, 5.74) is 1.66. The molecule has 0 amide bonds. The average molecular weight is 280 g/mol. The molecule has 0 saturated carbocycles. The molecule has 0 unspecified atom stereocenters. The number of fused-ring (bicyclic) bond motifs is 1. The van der Waals surface area contributed by atoms with Gasteiger partial charge >= 0.3 is 0 Å². The summed E-state index contributed by atoms with van der Waals surface area (Å²) in [5.74, 6) is 1.35. The predicted octanol–water partition coefficient (Wildman–Crippen LogP) is 3.59. The highest BCUT2D eigenvalue weighted by molar-refractivity contribution is 5.90. The lowest BCUT2D eigenvalue weighted by Gasteiger charge is -2.09. The number of anilines is 2. The fourth-order valence-corrected chi connectivity index (χ4v) is 2.09. The van der Waals surface area contributed by atoms with E-state index in [1.165, 1.54) is 12.1 Å². The van der Waals surface area contributed by atoms with Crippen LogP contribution in [-0.2, 0) is 0 Å². The predicted molar refractivity (Wildman–Crippen MR) is 80.7 cm³/mol. The average Bonchev–Trinajstić information content (AvgIpc) is 2.47. The van der Waals surface area contributed by atoms with E-state index >= 15 is 0 Å². The second-order valence-electron chi connectivity index (χ2n) is 4.57. The normalized spacial score (nSPS) is 10.5. The number of hydrogen-bond acceptors (Lipinski definition) is 5. The highest BCUT2D eigenvalue weighted by atomic mass is 16.6. The van der Waals surface area contributed by atoms with Gasteiger partial charge in [0.2, 0.25) is 0 Å². The van der Waals surface area contributed by atoms with Crippen LogP contribution in [0.5, 0.6) is 0 Å². The summed E-state index contributed by atoms with van der Waals surface area (Å²) < 4.78 is 0. The van der Waals surface area contributed by atoms with Crippen molar-refractivity contribution in [2.75, 3.05) is 5.32 Å². The number of nitrogens with zero attached hydrogens (tertiary/aromatic N) is 3. The van der Waals surface area contributed by atoms with Gasteiger partial charge in [0.25, 0.3) is 5.69 Å². The Kier molecular flexibility index (Phi) is 3.19. The zero-order valence-electron chi connectivity index (χ0n) is 11.3. The van der Waals surface area contributed by atoms with Crippen molar-refractivity contribution in [3.05, 3.63) is 64.5 Å². The first kappa shape index (κ1) is 13.0. The number of nitrogens with one attached hydrogen (secondary N) is 1. The molecule has 2 aromatic carbocycles. The van der Waals surface area contributed by atoms with Crippen molar-refractivity contribution in [3.63, 3.8) is 0 Å². The van der Waals surface area contributed by atoms with Gasteiger partial charge in [-0.05, 0) is 31.2 Å². The van der Waals surface area contributed by atoms with E-state index in [-0.39, 0.29) is 5.69 Å². The Balaban J connectivity index is 1.99. The van der Waals surface area contributed by atoms with Crippen molar-refractivity contribution < 1.29 is 4.92 Å². The van der Waals surface area contributed by atoms with Crippen LogP contribution in [0.2, 0.25) is 0 Å². The maximum absolute atomic E-state index is 10.7. The molecule has 0 aliphatic carbocycles. The summed E-state index contributed by atoms with van der Waals surface area (Å²) in [6.45, 7) is 1.83. The van der Waals surface area contributed by atoms with Crippen LogP contribution in [0.3, 0.4) is 0 Å². The Morgan fingerprint density at radius 2 is 1.76 bits per heavy atom. The largest absolute Gasteiger partial charge is 0.340 e. The molecular formula is C15H12N4O2. The molecule has 6 nitrogen and oxygen atoms in total. The van der Waals surface area contributed by atoms with Crippen molar-refractivity contribution in [2.24, 2.45) is 0 Å². The van der Waals surface area contributed by atoms with Crippen LogP contribution in [-0.4, -0.2) is 14.9 Å². The third kappa shape index (κ3) is 2.64. The van der Waals surface area contributed by atoms with E-state index in [0.717, 1.165) is 16.6 Å². The van der Waals surface area contributed by atoms with E-state index in [1.54, 1.807) is 12.1 Å². The van der Waals surface area contributed by atoms with Crippen LogP contribution in [0.25, 0.3) is 10.9 Å². The van der Waals surface area contributed by atoms with Gasteiger partial charge in [0, 0.05) is 23.2 Å². The number of nitro benzene ring substituents is 1. The summed E-state index contributed by atoms with van der Waals surface area (Å²) >= 11 is 0. The molecule has 0 bridgehead atoms. The molecule has 0 saturated heterocycles. The first-order chi connectivity index (χ1) is 10.1. The van der Waals surface area contributed by atoms with Crippen molar-refractivity contribution in [3.8, 4) is 0 Å². The van der Waals surface area contributed by atoms with Gasteiger partial charge in [-0.25, -0.2) is 9.97 Å². The van der Waals surface area contributed by atoms with Crippen LogP contribution in [0.15, 0.2) is 48.5 Å². The van der Waals surface area contributed by atoms with Crippen LogP contribution in [0, 0.1) is 17.0 Å². The first-order valence-electron chi connectivity index (χ1n) is 6.38. The van der Waals surface area contributed by atoms with Crippen molar-refractivity contribution in [1.29, 1.82) is 0 Å². The fraction of sp³-hybridized carbons (Fsp3) is 0.0667. The quantitative estimate of drug-likeness (QED) is 0.585. The molecule has 0 atom stereocenters. The van der Waals surface area contributed by atoms with Gasteiger partial charge in [0.15, 0.2) is 0 Å². The SMILES string of the molecule is Cc1nc(Nc2ccc([N+](=O)[O-])cc2)c2ccccc2n1. The lowest BCUT2D eigenvalue weighted by molar-refractivity contribution is -0.384. The second-order valence-corrected chi connectivity index (χ2v) is 4.57. The van der Waals surface area contributed by atoms with Crippen LogP contribution >= 0.6 is 0 Å². The minimum absolute atomic E-state index is 0.0595. The molecule has 0 radical (unpaired) electrons. The third-order valence-corrected chi connectivity index (χ3v) is 3.06.